The van der Waals surface area contributed by atoms with Gasteiger partial charge in [-0.2, -0.15) is 0 Å². The Morgan fingerprint density at radius 2 is 1.57 bits per heavy atom. The van der Waals surface area contributed by atoms with E-state index in [1.165, 1.54) is 5.56 Å². The van der Waals surface area contributed by atoms with Crippen LogP contribution in [0.4, 0.5) is 0 Å². The van der Waals surface area contributed by atoms with Crippen molar-refractivity contribution in [2.45, 2.75) is 19.9 Å². The van der Waals surface area contributed by atoms with Crippen LogP contribution in [0, 0.1) is 6.92 Å². The molecule has 1 heterocycles. The van der Waals surface area contributed by atoms with E-state index in [0.29, 0.717) is 47.4 Å². The Kier molecular flexibility index (Phi) is 8.11. The second kappa shape index (κ2) is 11.3. The van der Waals surface area contributed by atoms with Gasteiger partial charge in [-0.25, -0.2) is 4.79 Å². The maximum absolute atomic E-state index is 13.3. The molecule has 3 aromatic rings. The lowest BCUT2D eigenvalue weighted by molar-refractivity contribution is 0.0507. The summed E-state index contributed by atoms with van der Waals surface area (Å²) in [6.07, 6.45) is 0. The zero-order valence-electron chi connectivity index (χ0n) is 19.8. The highest BCUT2D eigenvalue weighted by atomic mass is 35.5. The Labute approximate surface area is 216 Å². The van der Waals surface area contributed by atoms with Crippen molar-refractivity contribution >= 4 is 35.1 Å². The van der Waals surface area contributed by atoms with E-state index in [-0.39, 0.29) is 18.6 Å². The standard InChI is InChI=1S/C28H28Cl2N2O3/c1-3-35-28(34)23-7-5-4-6-22(23)27(33)32-16-14-31(15-17-32)26(20-10-8-19(2)9-11-20)24-13-12-21(29)18-25(24)30/h4-13,18,26H,3,14-17H2,1-2H3. The zero-order valence-corrected chi connectivity index (χ0v) is 21.4. The molecule has 5 nitrogen and oxygen atoms in total. The molecule has 1 fully saturated rings. The highest BCUT2D eigenvalue weighted by Gasteiger charge is 2.31. The topological polar surface area (TPSA) is 49.9 Å². The lowest BCUT2D eigenvalue weighted by atomic mass is 9.95. The Hall–Kier alpha value is -2.86. The van der Waals surface area contributed by atoms with Gasteiger partial charge in [0.2, 0.25) is 0 Å². The van der Waals surface area contributed by atoms with Gasteiger partial charge < -0.3 is 9.64 Å². The van der Waals surface area contributed by atoms with Crippen LogP contribution < -0.4 is 0 Å². The number of piperazine rings is 1. The molecular weight excluding hydrogens is 483 g/mol. The lowest BCUT2D eigenvalue weighted by Crippen LogP contribution is -2.50. The number of rotatable bonds is 6. The van der Waals surface area contributed by atoms with E-state index in [1.807, 2.05) is 12.1 Å². The smallest absolute Gasteiger partial charge is 0.338 e. The molecule has 0 radical (unpaired) electrons. The second-order valence-electron chi connectivity index (χ2n) is 8.57. The summed E-state index contributed by atoms with van der Waals surface area (Å²) < 4.78 is 5.14. The van der Waals surface area contributed by atoms with Crippen LogP contribution in [0.2, 0.25) is 10.0 Å². The molecule has 0 bridgehead atoms. The Morgan fingerprint density at radius 3 is 2.20 bits per heavy atom. The number of hydrogen-bond acceptors (Lipinski definition) is 4. The molecule has 1 atom stereocenters. The molecule has 1 saturated heterocycles. The van der Waals surface area contributed by atoms with Crippen molar-refractivity contribution in [2.24, 2.45) is 0 Å². The molecule has 1 aliphatic rings. The number of carbonyl (C=O) groups excluding carboxylic acids is 2. The lowest BCUT2D eigenvalue weighted by Gasteiger charge is -2.40. The summed E-state index contributed by atoms with van der Waals surface area (Å²) in [4.78, 5) is 29.8. The fourth-order valence-electron chi connectivity index (χ4n) is 4.47. The Bertz CT molecular complexity index is 1210. The van der Waals surface area contributed by atoms with Crippen LogP contribution in [0.3, 0.4) is 0 Å². The van der Waals surface area contributed by atoms with Crippen LogP contribution in [0.1, 0.15) is 50.4 Å². The molecule has 182 valence electrons. The highest BCUT2D eigenvalue weighted by molar-refractivity contribution is 6.35. The first kappa shape index (κ1) is 25.2. The normalized spacial score (nSPS) is 15.0. The number of amides is 1. The fourth-order valence-corrected chi connectivity index (χ4v) is 4.98. The van der Waals surface area contributed by atoms with Crippen molar-refractivity contribution < 1.29 is 14.3 Å². The summed E-state index contributed by atoms with van der Waals surface area (Å²) in [5.41, 5.74) is 3.97. The van der Waals surface area contributed by atoms with Gasteiger partial charge in [-0.3, -0.25) is 9.69 Å². The molecule has 0 saturated carbocycles. The van der Waals surface area contributed by atoms with Crippen molar-refractivity contribution in [2.75, 3.05) is 32.8 Å². The molecular formula is C28H28Cl2N2O3. The molecule has 0 spiro atoms. The minimum absolute atomic E-state index is 0.0653. The minimum atomic E-state index is -0.480. The van der Waals surface area contributed by atoms with Gasteiger partial charge in [0, 0.05) is 36.2 Å². The minimum Gasteiger partial charge on any atom is -0.462 e. The maximum Gasteiger partial charge on any atom is 0.338 e. The first-order valence-corrected chi connectivity index (χ1v) is 12.5. The first-order chi connectivity index (χ1) is 16.9. The number of benzene rings is 3. The summed E-state index contributed by atoms with van der Waals surface area (Å²) in [6, 6.07) is 20.8. The number of halogens is 2. The van der Waals surface area contributed by atoms with E-state index in [9.17, 15) is 9.59 Å². The largest absolute Gasteiger partial charge is 0.462 e. The number of esters is 1. The molecule has 0 aromatic heterocycles. The quantitative estimate of drug-likeness (QED) is 0.380. The van der Waals surface area contributed by atoms with Crippen LogP contribution in [-0.4, -0.2) is 54.5 Å². The van der Waals surface area contributed by atoms with E-state index in [1.54, 1.807) is 42.2 Å². The van der Waals surface area contributed by atoms with Crippen LogP contribution in [0.25, 0.3) is 0 Å². The number of aryl methyl sites for hydroxylation is 1. The molecule has 4 rings (SSSR count). The predicted molar refractivity (Wildman–Crippen MR) is 139 cm³/mol. The average Bonchev–Trinajstić information content (AvgIpc) is 2.86. The molecule has 1 unspecified atom stereocenters. The monoisotopic (exact) mass is 510 g/mol. The number of hydrogen-bond donors (Lipinski definition) is 0. The number of nitrogens with zero attached hydrogens (tertiary/aromatic N) is 2. The molecule has 0 aliphatic carbocycles. The van der Waals surface area contributed by atoms with E-state index in [0.717, 1.165) is 11.1 Å². The highest BCUT2D eigenvalue weighted by Crippen LogP contribution is 2.35. The Balaban J connectivity index is 1.56. The second-order valence-corrected chi connectivity index (χ2v) is 9.42. The van der Waals surface area contributed by atoms with Gasteiger partial charge in [0.05, 0.1) is 23.8 Å². The average molecular weight is 511 g/mol. The molecule has 1 aliphatic heterocycles. The Morgan fingerprint density at radius 1 is 0.914 bits per heavy atom. The van der Waals surface area contributed by atoms with Gasteiger partial charge in [0.25, 0.3) is 5.91 Å². The van der Waals surface area contributed by atoms with E-state index >= 15 is 0 Å². The molecule has 3 aromatic carbocycles. The number of carbonyl (C=O) groups is 2. The maximum atomic E-state index is 13.3. The zero-order chi connectivity index (χ0) is 24.9. The summed E-state index contributed by atoms with van der Waals surface area (Å²) in [5.74, 6) is -0.642. The van der Waals surface area contributed by atoms with Gasteiger partial charge in [-0.05, 0) is 49.2 Å². The third-order valence-corrected chi connectivity index (χ3v) is 6.83. The molecule has 7 heteroatoms. The van der Waals surface area contributed by atoms with Gasteiger partial charge in [-0.1, -0.05) is 71.2 Å². The van der Waals surface area contributed by atoms with Gasteiger partial charge in [0.1, 0.15) is 0 Å². The SMILES string of the molecule is CCOC(=O)c1ccccc1C(=O)N1CCN(C(c2ccc(C)cc2)c2ccc(Cl)cc2Cl)CC1. The van der Waals surface area contributed by atoms with E-state index < -0.39 is 5.97 Å². The predicted octanol–water partition coefficient (Wildman–Crippen LogP) is 6.03. The molecule has 0 N–H and O–H groups in total. The molecule has 35 heavy (non-hydrogen) atoms. The van der Waals surface area contributed by atoms with Crippen LogP contribution in [0.15, 0.2) is 66.7 Å². The van der Waals surface area contributed by atoms with Crippen molar-refractivity contribution in [3.05, 3.63) is 105 Å². The summed E-state index contributed by atoms with van der Waals surface area (Å²) in [5, 5.41) is 1.21. The molecule has 1 amide bonds. The van der Waals surface area contributed by atoms with Gasteiger partial charge in [-0.15, -0.1) is 0 Å². The third-order valence-electron chi connectivity index (χ3n) is 6.27. The van der Waals surface area contributed by atoms with E-state index in [4.69, 9.17) is 27.9 Å². The van der Waals surface area contributed by atoms with Crippen molar-refractivity contribution in [1.29, 1.82) is 0 Å². The first-order valence-electron chi connectivity index (χ1n) is 11.7. The van der Waals surface area contributed by atoms with Crippen molar-refractivity contribution in [1.82, 2.24) is 9.80 Å². The third kappa shape index (κ3) is 5.69. The summed E-state index contributed by atoms with van der Waals surface area (Å²) in [6.45, 7) is 6.45. The fraction of sp³-hybridized carbons (Fsp3) is 0.286. The van der Waals surface area contributed by atoms with Crippen LogP contribution in [0.5, 0.6) is 0 Å². The van der Waals surface area contributed by atoms with Crippen molar-refractivity contribution in [3.63, 3.8) is 0 Å². The van der Waals surface area contributed by atoms with Gasteiger partial charge in [0.15, 0.2) is 0 Å². The summed E-state index contributed by atoms with van der Waals surface area (Å²) in [7, 11) is 0. The van der Waals surface area contributed by atoms with Crippen LogP contribution in [-0.2, 0) is 4.74 Å². The van der Waals surface area contributed by atoms with E-state index in [2.05, 4.69) is 36.1 Å². The van der Waals surface area contributed by atoms with Crippen molar-refractivity contribution in [3.8, 4) is 0 Å². The number of ether oxygens (including phenoxy) is 1. The van der Waals surface area contributed by atoms with Crippen LogP contribution >= 0.6 is 23.2 Å². The van der Waals surface area contributed by atoms with Gasteiger partial charge >= 0.3 is 5.97 Å². The summed E-state index contributed by atoms with van der Waals surface area (Å²) >= 11 is 12.8.